The van der Waals surface area contributed by atoms with Gasteiger partial charge in [0.1, 0.15) is 23.2 Å². The lowest BCUT2D eigenvalue weighted by atomic mass is 10.3. The number of halogens is 1. The number of aliphatic hydroxyl groups excluding tert-OH is 1. The van der Waals surface area contributed by atoms with Gasteiger partial charge in [0.2, 0.25) is 5.28 Å². The lowest BCUT2D eigenvalue weighted by Crippen LogP contribution is -2.13. The molecule has 0 unspecified atom stereocenters. The number of aliphatic hydroxyl groups is 1. The molecular formula is C22H34ClN12O2S2-3. The molecule has 3 heterocycles. The number of nitriles is 2. The third-order valence-electron chi connectivity index (χ3n) is 4.03. The first-order valence-corrected chi connectivity index (χ1v) is 10.8. The molecule has 6 N–H and O–H groups in total. The van der Waals surface area contributed by atoms with Crippen LogP contribution in [-0.2, 0) is 45.8 Å². The summed E-state index contributed by atoms with van der Waals surface area (Å²) in [5, 5.41) is 33.2. The number of ether oxygens (including phenoxy) is 1. The first-order valence-electron chi connectivity index (χ1n) is 10.5. The average molecular weight is 598 g/mol. The molecule has 0 fully saturated rings. The SMILES string of the molecule is CNN.CO.Cc1nn(C)c(N)c1C#N.Cc1nn(C)c2nc(Cl)ncc12.[C-]#[N+]/C(C#N)=C(\C)OCC.[S-2].[SH-]. The number of thiol groups is 1. The van der Waals surface area contributed by atoms with Gasteiger partial charge in [0.15, 0.2) is 5.65 Å². The molecular weight excluding hydrogens is 564 g/mol. The van der Waals surface area contributed by atoms with Gasteiger partial charge in [-0.1, -0.05) is 0 Å². The summed E-state index contributed by atoms with van der Waals surface area (Å²) in [4.78, 5) is 10.9. The normalized spacial score (nSPS) is 9.13. The molecule has 0 aliphatic heterocycles. The summed E-state index contributed by atoms with van der Waals surface area (Å²) in [5.41, 5.74) is 10.6. The highest BCUT2D eigenvalue weighted by Gasteiger charge is 2.08. The van der Waals surface area contributed by atoms with E-state index in [0.29, 0.717) is 29.4 Å². The van der Waals surface area contributed by atoms with Crippen LogP contribution in [0.3, 0.4) is 0 Å². The second kappa shape index (κ2) is 23.5. The number of rotatable bonds is 2. The third-order valence-corrected chi connectivity index (χ3v) is 4.21. The maximum atomic E-state index is 8.53. The lowest BCUT2D eigenvalue weighted by Gasteiger charge is -2.00. The van der Waals surface area contributed by atoms with Crippen molar-refractivity contribution in [3.8, 4) is 12.1 Å². The van der Waals surface area contributed by atoms with Crippen molar-refractivity contribution in [3.63, 3.8) is 0 Å². The van der Waals surface area contributed by atoms with Gasteiger partial charge in [0.25, 0.3) is 5.70 Å². The van der Waals surface area contributed by atoms with Crippen molar-refractivity contribution >= 4 is 55.4 Å². The Balaban J connectivity index is -0.000000213. The number of nitrogens with two attached hydrogens (primary N) is 2. The van der Waals surface area contributed by atoms with Gasteiger partial charge in [-0.05, 0) is 46.3 Å². The second-order valence-electron chi connectivity index (χ2n) is 6.52. The largest absolute Gasteiger partial charge is 2.00 e. The number of fused-ring (bicyclic) bond motifs is 1. The number of nitrogens with zero attached hydrogens (tertiary/aromatic N) is 9. The number of aryl methyl sites for hydroxylation is 4. The number of nitrogen functional groups attached to an aromatic ring is 1. The minimum absolute atomic E-state index is 0. The molecule has 0 aromatic carbocycles. The van der Waals surface area contributed by atoms with E-state index in [1.54, 1.807) is 44.9 Å². The monoisotopic (exact) mass is 597 g/mol. The van der Waals surface area contributed by atoms with Crippen LogP contribution in [0, 0.1) is 43.1 Å². The lowest BCUT2D eigenvalue weighted by molar-refractivity contribution is 0.230. The van der Waals surface area contributed by atoms with Gasteiger partial charge in [0.05, 0.1) is 36.0 Å². The maximum Gasteiger partial charge on any atom is 0.298 e. The first kappa shape index (κ1) is 42.5. The molecule has 0 bridgehead atoms. The van der Waals surface area contributed by atoms with E-state index in [2.05, 4.69) is 36.3 Å². The molecule has 14 nitrogen and oxygen atoms in total. The fourth-order valence-corrected chi connectivity index (χ4v) is 2.59. The predicted octanol–water partition coefficient (Wildman–Crippen LogP) is 1.62. The fraction of sp³-hybridized carbons (Fsp3) is 0.409. The van der Waals surface area contributed by atoms with Crippen molar-refractivity contribution in [2.75, 3.05) is 26.5 Å². The Morgan fingerprint density at radius 1 is 1.23 bits per heavy atom. The minimum Gasteiger partial charge on any atom is -2.00 e. The maximum absolute atomic E-state index is 8.53. The molecule has 0 spiro atoms. The minimum atomic E-state index is 0. The standard InChI is InChI=1S/C7H7ClN4.C7H8N2O.C6H8N4.CH6N2.CH4O.H2S.S/c1-4-5-3-9-7(8)10-6(5)12(2)11-4;1-4-10-6(2)7(5-8)9-3;1-4-5(3-7)6(8)10(2)9-4;1-3-2;1-2;;/h3H,1-2H3;4H2,1-2H3;8H2,1-2H3;3H,2H2,1H3;2H,1H3;1H2;/q;;;;;;-2/p-1/b;7-6+;;;;;. The number of nitrogens with one attached hydrogen (secondary N) is 1. The molecule has 0 aliphatic carbocycles. The Morgan fingerprint density at radius 2 is 1.74 bits per heavy atom. The molecule has 39 heavy (non-hydrogen) atoms. The number of hydrazine groups is 1. The molecule has 3 rings (SSSR count). The Morgan fingerprint density at radius 3 is 2.10 bits per heavy atom. The molecule has 216 valence electrons. The Labute approximate surface area is 247 Å². The molecule has 0 atom stereocenters. The van der Waals surface area contributed by atoms with Gasteiger partial charge in [-0.3, -0.25) is 20.6 Å². The zero-order valence-electron chi connectivity index (χ0n) is 23.1. The zero-order chi connectivity index (χ0) is 29.1. The summed E-state index contributed by atoms with van der Waals surface area (Å²) >= 11 is 5.64. The number of hydrogen-bond acceptors (Lipinski definition) is 12. The van der Waals surface area contributed by atoms with E-state index < -0.39 is 0 Å². The van der Waals surface area contributed by atoms with Crippen LogP contribution in [0.5, 0.6) is 0 Å². The molecule has 3 aromatic heterocycles. The summed E-state index contributed by atoms with van der Waals surface area (Å²) in [7, 11) is 6.20. The van der Waals surface area contributed by atoms with Crippen LogP contribution < -0.4 is 17.0 Å². The van der Waals surface area contributed by atoms with E-state index in [-0.39, 0.29) is 38.0 Å². The molecule has 0 saturated carbocycles. The summed E-state index contributed by atoms with van der Waals surface area (Å²) in [5.74, 6) is 5.43. The highest BCUT2D eigenvalue weighted by molar-refractivity contribution is 7.37. The topological polar surface area (TPSA) is 207 Å². The number of allylic oxidation sites excluding steroid dienone is 2. The van der Waals surface area contributed by atoms with Crippen LogP contribution in [0.15, 0.2) is 17.7 Å². The Bertz CT molecular complexity index is 1270. The van der Waals surface area contributed by atoms with Crippen LogP contribution in [0.1, 0.15) is 30.8 Å². The van der Waals surface area contributed by atoms with Crippen LogP contribution in [-0.4, -0.2) is 55.4 Å². The van der Waals surface area contributed by atoms with Crippen LogP contribution in [0.2, 0.25) is 5.28 Å². The predicted molar refractivity (Wildman–Crippen MR) is 157 cm³/mol. The Hall–Kier alpha value is -3.56. The zero-order valence-corrected chi connectivity index (χ0v) is 25.5. The van der Waals surface area contributed by atoms with Gasteiger partial charge in [-0.15, -0.1) is 0 Å². The van der Waals surface area contributed by atoms with E-state index in [0.717, 1.165) is 23.8 Å². The van der Waals surface area contributed by atoms with Gasteiger partial charge in [-0.25, -0.2) is 15.1 Å². The molecule has 0 radical (unpaired) electrons. The Kier molecular flexibility index (Phi) is 25.7. The number of hydrogen-bond donors (Lipinski definition) is 4. The van der Waals surface area contributed by atoms with Gasteiger partial charge in [0, 0.05) is 27.4 Å². The van der Waals surface area contributed by atoms with E-state index in [9.17, 15) is 0 Å². The van der Waals surface area contributed by atoms with E-state index in [1.807, 2.05) is 27.0 Å². The highest BCUT2D eigenvalue weighted by Crippen LogP contribution is 2.15. The number of aromatic nitrogens is 6. The highest BCUT2D eigenvalue weighted by atomic mass is 35.5. The molecule has 3 aromatic rings. The fourth-order valence-electron chi connectivity index (χ4n) is 2.46. The molecule has 0 aliphatic rings. The van der Waals surface area contributed by atoms with Crippen LogP contribution in [0.25, 0.3) is 15.9 Å². The van der Waals surface area contributed by atoms with Crippen molar-refractivity contribution in [3.05, 3.63) is 51.3 Å². The summed E-state index contributed by atoms with van der Waals surface area (Å²) < 4.78 is 8.12. The summed E-state index contributed by atoms with van der Waals surface area (Å²) in [6, 6.07) is 3.71. The summed E-state index contributed by atoms with van der Waals surface area (Å²) in [6.45, 7) is 14.1. The van der Waals surface area contributed by atoms with E-state index in [1.165, 1.54) is 4.68 Å². The quantitative estimate of drug-likeness (QED) is 0.0485. The van der Waals surface area contributed by atoms with Crippen LogP contribution in [0.4, 0.5) is 5.82 Å². The van der Waals surface area contributed by atoms with Gasteiger partial charge < -0.3 is 42.6 Å². The van der Waals surface area contributed by atoms with Crippen LogP contribution >= 0.6 is 11.6 Å². The first-order chi connectivity index (χ1) is 17.5. The van der Waals surface area contributed by atoms with Crippen molar-refractivity contribution in [1.82, 2.24) is 35.0 Å². The van der Waals surface area contributed by atoms with Crippen molar-refractivity contribution in [2.24, 2.45) is 19.9 Å². The molecule has 17 heteroatoms. The smallest absolute Gasteiger partial charge is 0.298 e. The van der Waals surface area contributed by atoms with Crippen molar-refractivity contribution in [1.29, 1.82) is 10.5 Å². The third kappa shape index (κ3) is 14.2. The van der Waals surface area contributed by atoms with E-state index in [4.69, 9.17) is 44.3 Å². The summed E-state index contributed by atoms with van der Waals surface area (Å²) in [6.07, 6.45) is 1.69. The second-order valence-corrected chi connectivity index (χ2v) is 6.85. The molecule has 0 amide bonds. The van der Waals surface area contributed by atoms with Gasteiger partial charge in [-0.2, -0.15) is 20.4 Å². The number of anilines is 1. The van der Waals surface area contributed by atoms with Crippen molar-refractivity contribution in [2.45, 2.75) is 27.7 Å². The average Bonchev–Trinajstić information content (AvgIpc) is 3.29. The molecule has 0 saturated heterocycles. The van der Waals surface area contributed by atoms with E-state index >= 15 is 0 Å². The van der Waals surface area contributed by atoms with Crippen molar-refractivity contribution < 1.29 is 9.84 Å². The van der Waals surface area contributed by atoms with Gasteiger partial charge >= 0.3 is 0 Å².